The highest BCUT2D eigenvalue weighted by atomic mass is 127. The van der Waals surface area contributed by atoms with E-state index in [0.717, 1.165) is 28.9 Å². The van der Waals surface area contributed by atoms with Crippen LogP contribution in [0.2, 0.25) is 0 Å². The SMILES string of the molecule is COc1cc2c(c(OC)c1OC)-c1ccc(OC)c(=O)cc1C(NC(=O)CCC(=O)NCCOCCOCCOCCOCCOCCOc1cc(C(=O)NCCSCCCO[C@]3(C(=O)O)C[C@H](O)C[C@H]([C@H](O)[C@H](O)CNC(=O)c4ccc(-c5ccccc5)cc4)O3)ccc1C(=O)NCCSCCCOI)CC2. The van der Waals surface area contributed by atoms with Gasteiger partial charge in [-0.2, -0.15) is 23.5 Å². The van der Waals surface area contributed by atoms with Gasteiger partial charge in [0.25, 0.3) is 23.5 Å². The lowest BCUT2D eigenvalue weighted by atomic mass is 9.93. The fourth-order valence-electron chi connectivity index (χ4n) is 11.7. The van der Waals surface area contributed by atoms with Crippen LogP contribution >= 0.6 is 46.5 Å². The molecule has 1 aliphatic heterocycles. The minimum absolute atomic E-state index is 0.0592. The second kappa shape index (κ2) is 48.3. The van der Waals surface area contributed by atoms with E-state index in [1.54, 1.807) is 54.2 Å². The van der Waals surface area contributed by atoms with E-state index >= 15 is 0 Å². The predicted octanol–water partition coefficient (Wildman–Crippen LogP) is 6.14. The van der Waals surface area contributed by atoms with Crippen LogP contribution in [0.5, 0.6) is 28.7 Å². The molecule has 1 unspecified atom stereocenters. The average Bonchev–Trinajstić information content (AvgIpc) is 1.59. The van der Waals surface area contributed by atoms with Gasteiger partial charge < -0.3 is 107 Å². The molecule has 2 aliphatic rings. The minimum Gasteiger partial charge on any atom is -0.493 e. The highest BCUT2D eigenvalue weighted by Crippen LogP contribution is 2.50. The van der Waals surface area contributed by atoms with Gasteiger partial charge in [0.15, 0.2) is 17.2 Å². The van der Waals surface area contributed by atoms with E-state index < -0.39 is 60.4 Å². The Labute approximate surface area is 651 Å². The molecule has 1 saturated heterocycles. The molecule has 0 spiro atoms. The Hall–Kier alpha value is -7.42. The van der Waals surface area contributed by atoms with Crippen molar-refractivity contribution in [3.63, 3.8) is 0 Å². The second-order valence-corrected chi connectivity index (χ2v) is 27.8. The van der Waals surface area contributed by atoms with Crippen molar-refractivity contribution in [1.82, 2.24) is 26.6 Å². The molecule has 5 aromatic carbocycles. The van der Waals surface area contributed by atoms with Crippen LogP contribution in [0.1, 0.15) is 93.2 Å². The molecule has 0 radical (unpaired) electrons. The lowest BCUT2D eigenvalue weighted by molar-refractivity contribution is -0.304. The van der Waals surface area contributed by atoms with Crippen molar-refractivity contribution in [3.8, 4) is 51.0 Å². The van der Waals surface area contributed by atoms with Gasteiger partial charge in [-0.15, -0.1) is 0 Å². The Morgan fingerprint density at radius 2 is 1.19 bits per heavy atom. The number of hydrogen-bond donors (Lipinski definition) is 9. The van der Waals surface area contributed by atoms with Crippen LogP contribution < -0.4 is 55.7 Å². The first kappa shape index (κ1) is 87.8. The summed E-state index contributed by atoms with van der Waals surface area (Å²) in [5.41, 5.74) is 5.16. The number of aliphatic hydroxyl groups is 3. The van der Waals surface area contributed by atoms with Crippen molar-refractivity contribution >= 4 is 82.0 Å². The lowest BCUT2D eigenvalue weighted by Crippen LogP contribution is -2.58. The van der Waals surface area contributed by atoms with E-state index in [1.807, 2.05) is 59.4 Å². The van der Waals surface area contributed by atoms with E-state index in [9.17, 15) is 54.0 Å². The Bertz CT molecular complexity index is 3700. The summed E-state index contributed by atoms with van der Waals surface area (Å²) in [6.07, 6.45) is -4.42. The van der Waals surface area contributed by atoms with Crippen LogP contribution in [0.4, 0.5) is 0 Å². The molecule has 7 rings (SSSR count). The zero-order valence-corrected chi connectivity index (χ0v) is 65.1. The highest BCUT2D eigenvalue weighted by molar-refractivity contribution is 14.1. The smallest absolute Gasteiger partial charge is 0.364 e. The Balaban J connectivity index is 0.720. The predicted molar refractivity (Wildman–Crippen MR) is 413 cm³/mol. The number of amides is 5. The number of carboxylic acid groups (broad SMARTS) is 1. The molecular formula is C76H100IN5O24S2. The van der Waals surface area contributed by atoms with Crippen molar-refractivity contribution in [2.75, 3.05) is 164 Å². The van der Waals surface area contributed by atoms with Crippen molar-refractivity contribution in [2.45, 2.75) is 87.6 Å². The molecule has 5 aromatic rings. The largest absolute Gasteiger partial charge is 0.493 e. The number of aliphatic carboxylic acids is 1. The quantitative estimate of drug-likeness (QED) is 0.0156. The number of carbonyl (C=O) groups is 6. The molecule has 0 bridgehead atoms. The van der Waals surface area contributed by atoms with E-state index in [0.29, 0.717) is 129 Å². The number of halogens is 1. The topological polar surface area (TPSA) is 381 Å². The molecule has 29 nitrogen and oxygen atoms in total. The number of carboxylic acids is 1. The van der Waals surface area contributed by atoms with Crippen LogP contribution in [-0.4, -0.2) is 250 Å². The summed E-state index contributed by atoms with van der Waals surface area (Å²) >= 11 is 5.02. The van der Waals surface area contributed by atoms with Gasteiger partial charge in [0.1, 0.15) is 41.5 Å². The minimum atomic E-state index is -2.31. The molecule has 108 heavy (non-hydrogen) atoms. The number of nitrogens with one attached hydrogen (secondary N) is 5. The maximum atomic E-state index is 13.4. The monoisotopic (exact) mass is 1660 g/mol. The van der Waals surface area contributed by atoms with E-state index in [4.69, 9.17) is 59.9 Å². The fourth-order valence-corrected chi connectivity index (χ4v) is 13.6. The van der Waals surface area contributed by atoms with Crippen LogP contribution in [0, 0.1) is 0 Å². The Morgan fingerprint density at radius 1 is 0.593 bits per heavy atom. The van der Waals surface area contributed by atoms with Gasteiger partial charge in [-0.25, -0.2) is 4.79 Å². The third-order valence-corrected chi connectivity index (χ3v) is 19.8. The third kappa shape index (κ3) is 28.2. The van der Waals surface area contributed by atoms with Crippen LogP contribution in [0.3, 0.4) is 0 Å². The van der Waals surface area contributed by atoms with Crippen LogP contribution in [0.25, 0.3) is 22.3 Å². The standard InChI is InChI=1S/C76H100IN5O24S2/c1-94-62-21-19-56-58(47-60(62)84)59(20-17-53-44-65(95-2)70(96-3)71(97-4)68(53)56)82-67(87)23-22-66(86)78-24-29-98-30-31-99-32-33-100-34-35-101-36-37-102-38-39-103-63-45-54(16-18-57(63)74(91)80-26-43-108-41-9-28-105-77)73(90)79-25-42-107-40-8-27-104-76(75(92)93)48-55(83)46-64(106-76)69(88)61(85)49-81-72(89)52-14-12-51(13-15-52)50-10-6-5-7-11-50/h5-7,10-16,18-19,21,44-45,47,55,59,61,64,69,83,85,88H,8-9,17,20,22-43,46,48-49H2,1-4H3,(H,78,86)(H,79,90)(H,80,91)(H,81,89)(H,82,87)(H,92,93)/t55-,59?,61-,64-,69-,76-/m1/s1. The molecule has 32 heteroatoms. The second-order valence-electron chi connectivity index (χ2n) is 24.7. The van der Waals surface area contributed by atoms with Gasteiger partial charge in [0.2, 0.25) is 23.0 Å². The molecule has 1 heterocycles. The molecule has 6 atom stereocenters. The Morgan fingerprint density at radius 3 is 1.81 bits per heavy atom. The summed E-state index contributed by atoms with van der Waals surface area (Å²) in [6.45, 7) is 3.97. The van der Waals surface area contributed by atoms with E-state index in [2.05, 4.69) is 26.6 Å². The van der Waals surface area contributed by atoms with Gasteiger partial charge in [0, 0.05) is 80.1 Å². The van der Waals surface area contributed by atoms with Crippen molar-refractivity contribution in [1.29, 1.82) is 0 Å². The zero-order valence-electron chi connectivity index (χ0n) is 61.3. The first-order valence-electron chi connectivity index (χ1n) is 35.7. The molecule has 1 fully saturated rings. The van der Waals surface area contributed by atoms with Crippen molar-refractivity contribution < 1.29 is 109 Å². The molecule has 9 N–H and O–H groups in total. The molecule has 592 valence electrons. The van der Waals surface area contributed by atoms with Gasteiger partial charge in [-0.3, -0.25) is 28.8 Å². The number of hydrogen-bond acceptors (Lipinski definition) is 25. The number of ether oxygens (including phenoxy) is 12. The number of rotatable bonds is 51. The van der Waals surface area contributed by atoms with Gasteiger partial charge in [-0.1, -0.05) is 48.5 Å². The molecule has 0 aromatic heterocycles. The number of aliphatic hydroxyl groups excluding tert-OH is 3. The number of thioether (sulfide) groups is 2. The van der Waals surface area contributed by atoms with Crippen molar-refractivity contribution in [3.05, 3.63) is 135 Å². The van der Waals surface area contributed by atoms with Crippen LogP contribution in [0.15, 0.2) is 102 Å². The number of benzene rings is 4. The average molecular weight is 1660 g/mol. The van der Waals surface area contributed by atoms with Gasteiger partial charge >= 0.3 is 5.97 Å². The van der Waals surface area contributed by atoms with E-state index in [1.165, 1.54) is 58.4 Å². The van der Waals surface area contributed by atoms with Gasteiger partial charge in [0.05, 0.1) is 138 Å². The number of methoxy groups -OCH3 is 4. The summed E-state index contributed by atoms with van der Waals surface area (Å²) in [6, 6.07) is 27.2. The first-order valence-corrected chi connectivity index (χ1v) is 38.9. The molecular weight excluding hydrogens is 1560 g/mol. The van der Waals surface area contributed by atoms with Gasteiger partial charge in [-0.05, 0) is 114 Å². The van der Waals surface area contributed by atoms with Crippen molar-refractivity contribution in [2.24, 2.45) is 0 Å². The van der Waals surface area contributed by atoms with E-state index in [-0.39, 0.29) is 124 Å². The summed E-state index contributed by atoms with van der Waals surface area (Å²) < 4.78 is 73.3. The third-order valence-electron chi connectivity index (χ3n) is 17.2. The molecule has 0 saturated carbocycles. The number of fused-ring (bicyclic) bond motifs is 3. The molecule has 1 aliphatic carbocycles. The number of aryl methyl sites for hydroxylation is 1. The maximum absolute atomic E-state index is 13.4. The normalized spacial score (nSPS) is 16.5. The summed E-state index contributed by atoms with van der Waals surface area (Å²) in [7, 11) is 5.99. The summed E-state index contributed by atoms with van der Waals surface area (Å²) in [4.78, 5) is 91.6. The molecule has 5 amide bonds. The Kier molecular flexibility index (Phi) is 39.2. The van der Waals surface area contributed by atoms with Crippen LogP contribution in [-0.2, 0) is 57.0 Å². The zero-order chi connectivity index (χ0) is 77.5. The fraction of sp³-hybridized carbons (Fsp3) is 0.513. The summed E-state index contributed by atoms with van der Waals surface area (Å²) in [5.74, 6) is -1.60. The maximum Gasteiger partial charge on any atom is 0.364 e. The summed E-state index contributed by atoms with van der Waals surface area (Å²) in [5, 5.41) is 57.1. The highest BCUT2D eigenvalue weighted by Gasteiger charge is 2.51. The lowest BCUT2D eigenvalue weighted by Gasteiger charge is -2.42. The number of carbonyl (C=O) groups excluding carboxylic acids is 5. The first-order chi connectivity index (χ1) is 52.4.